The average Bonchev–Trinajstić information content (AvgIpc) is 2.48. The van der Waals surface area contributed by atoms with Crippen LogP contribution in [0.5, 0.6) is 0 Å². The lowest BCUT2D eigenvalue weighted by atomic mass is 10.5. The molecule has 1 rings (SSSR count). The standard InChI is InChI=1S/C8H11N3O2/c1-3-4-13-8(12)9-7-5-6(2)10-11-7/h3,5H,1,4H2,2H3,(H2,9,10,11,12). The number of aromatic amines is 1. The predicted octanol–water partition coefficient (Wildman–Crippen LogP) is 1.45. The second-order valence-corrected chi connectivity index (χ2v) is 2.45. The molecule has 1 aromatic heterocycles. The van der Waals surface area contributed by atoms with Crippen LogP contribution >= 0.6 is 0 Å². The van der Waals surface area contributed by atoms with Crippen molar-refractivity contribution in [3.05, 3.63) is 24.4 Å². The highest BCUT2D eigenvalue weighted by atomic mass is 16.5. The van der Waals surface area contributed by atoms with Crippen molar-refractivity contribution in [2.75, 3.05) is 11.9 Å². The molecule has 0 radical (unpaired) electrons. The van der Waals surface area contributed by atoms with E-state index in [4.69, 9.17) is 0 Å². The first-order chi connectivity index (χ1) is 6.22. The Kier molecular flexibility index (Phi) is 3.08. The minimum atomic E-state index is -0.536. The number of carbonyl (C=O) groups is 1. The van der Waals surface area contributed by atoms with Crippen molar-refractivity contribution < 1.29 is 9.53 Å². The Bertz CT molecular complexity index is 306. The van der Waals surface area contributed by atoms with Crippen molar-refractivity contribution in [3.63, 3.8) is 0 Å². The fourth-order valence-corrected chi connectivity index (χ4v) is 0.757. The molecule has 1 heterocycles. The van der Waals surface area contributed by atoms with Gasteiger partial charge in [0.1, 0.15) is 6.61 Å². The van der Waals surface area contributed by atoms with Crippen LogP contribution in [0.4, 0.5) is 10.6 Å². The van der Waals surface area contributed by atoms with E-state index in [2.05, 4.69) is 26.8 Å². The van der Waals surface area contributed by atoms with E-state index in [1.807, 2.05) is 6.92 Å². The lowest BCUT2D eigenvalue weighted by molar-refractivity contribution is 0.174. The molecule has 0 saturated carbocycles. The van der Waals surface area contributed by atoms with Crippen LogP contribution in [0.25, 0.3) is 0 Å². The van der Waals surface area contributed by atoms with E-state index in [0.717, 1.165) is 5.69 Å². The largest absolute Gasteiger partial charge is 0.445 e. The second kappa shape index (κ2) is 4.30. The first kappa shape index (κ1) is 9.31. The highest BCUT2D eigenvalue weighted by molar-refractivity contribution is 5.83. The van der Waals surface area contributed by atoms with E-state index < -0.39 is 6.09 Å². The van der Waals surface area contributed by atoms with Crippen LogP contribution in [-0.4, -0.2) is 22.9 Å². The normalized spacial score (nSPS) is 9.31. The quantitative estimate of drug-likeness (QED) is 0.693. The van der Waals surface area contributed by atoms with Crippen LogP contribution < -0.4 is 5.32 Å². The van der Waals surface area contributed by atoms with E-state index >= 15 is 0 Å². The summed E-state index contributed by atoms with van der Waals surface area (Å²) < 4.78 is 4.68. The highest BCUT2D eigenvalue weighted by Crippen LogP contribution is 2.03. The fraction of sp³-hybridized carbons (Fsp3) is 0.250. The second-order valence-electron chi connectivity index (χ2n) is 2.45. The zero-order valence-corrected chi connectivity index (χ0v) is 7.33. The number of carbonyl (C=O) groups excluding carboxylic acids is 1. The molecule has 0 aliphatic heterocycles. The molecule has 13 heavy (non-hydrogen) atoms. The summed E-state index contributed by atoms with van der Waals surface area (Å²) in [7, 11) is 0. The number of anilines is 1. The molecule has 1 aromatic rings. The van der Waals surface area contributed by atoms with Crippen molar-refractivity contribution in [3.8, 4) is 0 Å². The molecule has 5 heteroatoms. The topological polar surface area (TPSA) is 67.0 Å². The zero-order chi connectivity index (χ0) is 9.68. The number of amides is 1. The number of nitrogens with one attached hydrogen (secondary N) is 2. The monoisotopic (exact) mass is 181 g/mol. The van der Waals surface area contributed by atoms with Crippen molar-refractivity contribution >= 4 is 11.9 Å². The molecular weight excluding hydrogens is 170 g/mol. The van der Waals surface area contributed by atoms with Crippen molar-refractivity contribution in [2.45, 2.75) is 6.92 Å². The maximum Gasteiger partial charge on any atom is 0.413 e. The van der Waals surface area contributed by atoms with Gasteiger partial charge in [0, 0.05) is 11.8 Å². The summed E-state index contributed by atoms with van der Waals surface area (Å²) in [5.41, 5.74) is 0.874. The van der Waals surface area contributed by atoms with Crippen LogP contribution in [0.1, 0.15) is 5.69 Å². The Morgan fingerprint density at radius 2 is 2.69 bits per heavy atom. The molecule has 1 amide bonds. The van der Waals surface area contributed by atoms with Crippen LogP contribution in [-0.2, 0) is 4.74 Å². The van der Waals surface area contributed by atoms with Crippen LogP contribution in [0.2, 0.25) is 0 Å². The maximum absolute atomic E-state index is 10.9. The van der Waals surface area contributed by atoms with Crippen LogP contribution in [0.15, 0.2) is 18.7 Å². The molecular formula is C8H11N3O2. The SMILES string of the molecule is C=CCOC(=O)Nc1cc(C)[nH]n1. The maximum atomic E-state index is 10.9. The summed E-state index contributed by atoms with van der Waals surface area (Å²) in [6.07, 6.45) is 0.960. The number of hydrogen-bond acceptors (Lipinski definition) is 3. The van der Waals surface area contributed by atoms with Gasteiger partial charge in [-0.1, -0.05) is 12.7 Å². The number of hydrogen-bond donors (Lipinski definition) is 2. The third-order valence-corrected chi connectivity index (χ3v) is 1.27. The van der Waals surface area contributed by atoms with Gasteiger partial charge < -0.3 is 4.74 Å². The lowest BCUT2D eigenvalue weighted by Gasteiger charge is -2.00. The molecule has 0 aromatic carbocycles. The predicted molar refractivity (Wildman–Crippen MR) is 48.5 cm³/mol. The van der Waals surface area contributed by atoms with Gasteiger partial charge in [-0.15, -0.1) is 0 Å². The van der Waals surface area contributed by atoms with Crippen LogP contribution in [0.3, 0.4) is 0 Å². The summed E-state index contributed by atoms with van der Waals surface area (Å²) in [6.45, 7) is 5.45. The Morgan fingerprint density at radius 1 is 1.92 bits per heavy atom. The van der Waals surface area contributed by atoms with Gasteiger partial charge in [0.15, 0.2) is 5.82 Å². The van der Waals surface area contributed by atoms with Gasteiger partial charge in [0.2, 0.25) is 0 Å². The molecule has 0 aliphatic carbocycles. The minimum Gasteiger partial charge on any atom is -0.445 e. The molecule has 5 nitrogen and oxygen atoms in total. The Morgan fingerprint density at radius 3 is 3.23 bits per heavy atom. The van der Waals surface area contributed by atoms with Gasteiger partial charge >= 0.3 is 6.09 Å². The van der Waals surface area contributed by atoms with Crippen LogP contribution in [0, 0.1) is 6.92 Å². The summed E-state index contributed by atoms with van der Waals surface area (Å²) >= 11 is 0. The number of rotatable bonds is 3. The molecule has 0 fully saturated rings. The van der Waals surface area contributed by atoms with E-state index in [1.54, 1.807) is 6.07 Å². The summed E-state index contributed by atoms with van der Waals surface area (Å²) in [5, 5.41) is 8.94. The van der Waals surface area contributed by atoms with Gasteiger partial charge in [-0.2, -0.15) is 5.10 Å². The average molecular weight is 181 g/mol. The van der Waals surface area contributed by atoms with Gasteiger partial charge in [0.25, 0.3) is 0 Å². The number of aromatic nitrogens is 2. The van der Waals surface area contributed by atoms with E-state index in [0.29, 0.717) is 5.82 Å². The first-order valence-electron chi connectivity index (χ1n) is 3.79. The number of ether oxygens (including phenoxy) is 1. The van der Waals surface area contributed by atoms with E-state index in [-0.39, 0.29) is 6.61 Å². The van der Waals surface area contributed by atoms with Crippen molar-refractivity contribution in [1.82, 2.24) is 10.2 Å². The minimum absolute atomic E-state index is 0.190. The fourth-order valence-electron chi connectivity index (χ4n) is 0.757. The lowest BCUT2D eigenvalue weighted by Crippen LogP contribution is -2.13. The summed E-state index contributed by atoms with van der Waals surface area (Å²) in [5.74, 6) is 0.451. The Balaban J connectivity index is 2.40. The Hall–Kier alpha value is -1.78. The molecule has 0 bridgehead atoms. The molecule has 2 N–H and O–H groups in total. The van der Waals surface area contributed by atoms with E-state index in [9.17, 15) is 4.79 Å². The number of aryl methyl sites for hydroxylation is 1. The number of nitrogens with zero attached hydrogens (tertiary/aromatic N) is 1. The van der Waals surface area contributed by atoms with Crippen molar-refractivity contribution in [1.29, 1.82) is 0 Å². The zero-order valence-electron chi connectivity index (χ0n) is 7.33. The number of H-pyrrole nitrogens is 1. The van der Waals surface area contributed by atoms with Gasteiger partial charge in [-0.05, 0) is 6.92 Å². The molecule has 0 aliphatic rings. The Labute approximate surface area is 75.8 Å². The van der Waals surface area contributed by atoms with Gasteiger partial charge in [-0.3, -0.25) is 10.4 Å². The van der Waals surface area contributed by atoms with Crippen molar-refractivity contribution in [2.24, 2.45) is 0 Å². The van der Waals surface area contributed by atoms with Gasteiger partial charge in [-0.25, -0.2) is 4.79 Å². The van der Waals surface area contributed by atoms with Gasteiger partial charge in [0.05, 0.1) is 0 Å². The first-order valence-corrected chi connectivity index (χ1v) is 3.79. The summed E-state index contributed by atoms with van der Waals surface area (Å²) in [4.78, 5) is 10.9. The molecule has 0 saturated heterocycles. The summed E-state index contributed by atoms with van der Waals surface area (Å²) in [6, 6.07) is 1.70. The third-order valence-electron chi connectivity index (χ3n) is 1.27. The third kappa shape index (κ3) is 2.98. The highest BCUT2D eigenvalue weighted by Gasteiger charge is 2.03. The van der Waals surface area contributed by atoms with E-state index in [1.165, 1.54) is 6.08 Å². The molecule has 0 spiro atoms. The molecule has 70 valence electrons. The molecule has 0 atom stereocenters. The molecule has 0 unspecified atom stereocenters. The smallest absolute Gasteiger partial charge is 0.413 e.